The molecule has 0 aliphatic heterocycles. The molecule has 0 aliphatic rings. The van der Waals surface area contributed by atoms with E-state index in [0.717, 1.165) is 16.4 Å². The summed E-state index contributed by atoms with van der Waals surface area (Å²) in [6.07, 6.45) is 0. The van der Waals surface area contributed by atoms with Crippen LogP contribution in [0.25, 0.3) is 21.8 Å². The van der Waals surface area contributed by atoms with Crippen molar-refractivity contribution in [2.75, 3.05) is 0 Å². The van der Waals surface area contributed by atoms with Gasteiger partial charge in [0.05, 0.1) is 5.52 Å². The number of aromatic amines is 1. The largest absolute Gasteiger partial charge is 0.508 e. The Bertz CT molecular complexity index is 652. The monoisotopic (exact) mass is 197 g/mol. The fraction of sp³-hybridized carbons (Fsp3) is 0.0769. The molecule has 74 valence electrons. The second kappa shape index (κ2) is 2.76. The minimum atomic E-state index is 0.297. The highest BCUT2D eigenvalue weighted by molar-refractivity contribution is 6.07. The molecule has 0 unspecified atom stereocenters. The Kier molecular flexibility index (Phi) is 1.54. The summed E-state index contributed by atoms with van der Waals surface area (Å²) < 4.78 is 0. The molecule has 0 atom stereocenters. The summed E-state index contributed by atoms with van der Waals surface area (Å²) >= 11 is 0. The predicted octanol–water partition coefficient (Wildman–Crippen LogP) is 3.34. The quantitative estimate of drug-likeness (QED) is 0.569. The molecule has 0 aliphatic carbocycles. The maximum atomic E-state index is 9.39. The first kappa shape index (κ1) is 8.36. The van der Waals surface area contributed by atoms with Crippen LogP contribution in [0.3, 0.4) is 0 Å². The SMILES string of the molecule is Cc1ccc2[nH]c3cc(O)ccc3c2c1. The number of benzene rings is 2. The van der Waals surface area contributed by atoms with E-state index in [9.17, 15) is 5.11 Å². The first-order chi connectivity index (χ1) is 7.24. The number of H-pyrrole nitrogens is 1. The molecular weight excluding hydrogens is 186 g/mol. The maximum absolute atomic E-state index is 9.39. The lowest BCUT2D eigenvalue weighted by atomic mass is 10.1. The number of nitrogens with one attached hydrogen (secondary N) is 1. The molecule has 3 rings (SSSR count). The molecule has 2 aromatic carbocycles. The van der Waals surface area contributed by atoms with Crippen molar-refractivity contribution in [1.82, 2.24) is 4.98 Å². The Morgan fingerprint density at radius 1 is 0.933 bits per heavy atom. The Labute approximate surface area is 87.2 Å². The van der Waals surface area contributed by atoms with Crippen LogP contribution in [0.15, 0.2) is 36.4 Å². The third-order valence-corrected chi connectivity index (χ3v) is 2.74. The molecule has 1 aromatic heterocycles. The maximum Gasteiger partial charge on any atom is 0.117 e. The molecule has 2 heteroatoms. The number of aryl methyl sites for hydroxylation is 1. The van der Waals surface area contributed by atoms with E-state index in [4.69, 9.17) is 0 Å². The molecule has 3 aromatic rings. The summed E-state index contributed by atoms with van der Waals surface area (Å²) in [5, 5.41) is 11.8. The predicted molar refractivity (Wildman–Crippen MR) is 62.2 cm³/mol. The molecule has 0 amide bonds. The van der Waals surface area contributed by atoms with E-state index in [2.05, 4.69) is 30.1 Å². The number of hydrogen-bond donors (Lipinski definition) is 2. The smallest absolute Gasteiger partial charge is 0.117 e. The van der Waals surface area contributed by atoms with Gasteiger partial charge in [0.25, 0.3) is 0 Å². The van der Waals surface area contributed by atoms with Crippen LogP contribution in [0.4, 0.5) is 0 Å². The Morgan fingerprint density at radius 3 is 2.67 bits per heavy atom. The number of phenolic OH excluding ortho intramolecular Hbond substituents is 1. The molecule has 1 heterocycles. The fourth-order valence-corrected chi connectivity index (χ4v) is 2.01. The summed E-state index contributed by atoms with van der Waals surface area (Å²) in [5.41, 5.74) is 3.34. The molecular formula is C13H11NO. The summed E-state index contributed by atoms with van der Waals surface area (Å²) in [4.78, 5) is 3.29. The average molecular weight is 197 g/mol. The normalized spacial score (nSPS) is 11.3. The van der Waals surface area contributed by atoms with Gasteiger partial charge in [0.2, 0.25) is 0 Å². The molecule has 0 bridgehead atoms. The average Bonchev–Trinajstić information content (AvgIpc) is 2.54. The van der Waals surface area contributed by atoms with Crippen LogP contribution in [0.2, 0.25) is 0 Å². The van der Waals surface area contributed by atoms with Gasteiger partial charge in [-0.15, -0.1) is 0 Å². The van der Waals surface area contributed by atoms with Crippen LogP contribution in [0, 0.1) is 6.92 Å². The molecule has 2 nitrogen and oxygen atoms in total. The van der Waals surface area contributed by atoms with Crippen LogP contribution in [0.5, 0.6) is 5.75 Å². The van der Waals surface area contributed by atoms with E-state index in [1.165, 1.54) is 10.9 Å². The van der Waals surface area contributed by atoms with Crippen molar-refractivity contribution in [3.8, 4) is 5.75 Å². The summed E-state index contributed by atoms with van der Waals surface area (Å²) in [6.45, 7) is 2.08. The van der Waals surface area contributed by atoms with E-state index < -0.39 is 0 Å². The number of aromatic nitrogens is 1. The lowest BCUT2D eigenvalue weighted by Gasteiger charge is -1.93. The third-order valence-electron chi connectivity index (χ3n) is 2.74. The fourth-order valence-electron chi connectivity index (χ4n) is 2.01. The van der Waals surface area contributed by atoms with E-state index in [0.29, 0.717) is 5.75 Å². The van der Waals surface area contributed by atoms with Crippen molar-refractivity contribution >= 4 is 21.8 Å². The minimum absolute atomic E-state index is 0.297. The van der Waals surface area contributed by atoms with Crippen molar-refractivity contribution in [2.24, 2.45) is 0 Å². The zero-order chi connectivity index (χ0) is 10.4. The topological polar surface area (TPSA) is 36.0 Å². The second-order valence-corrected chi connectivity index (χ2v) is 3.90. The first-order valence-corrected chi connectivity index (χ1v) is 4.95. The highest BCUT2D eigenvalue weighted by Gasteiger charge is 2.04. The third kappa shape index (κ3) is 1.18. The molecule has 0 saturated heterocycles. The van der Waals surface area contributed by atoms with Crippen LogP contribution >= 0.6 is 0 Å². The number of rotatable bonds is 0. The second-order valence-electron chi connectivity index (χ2n) is 3.90. The Hall–Kier alpha value is -1.96. The zero-order valence-corrected chi connectivity index (χ0v) is 8.41. The van der Waals surface area contributed by atoms with Gasteiger partial charge in [-0.1, -0.05) is 11.6 Å². The van der Waals surface area contributed by atoms with Gasteiger partial charge in [0, 0.05) is 22.4 Å². The summed E-state index contributed by atoms with van der Waals surface area (Å²) in [7, 11) is 0. The van der Waals surface area contributed by atoms with Crippen LogP contribution < -0.4 is 0 Å². The van der Waals surface area contributed by atoms with Crippen molar-refractivity contribution in [3.63, 3.8) is 0 Å². The molecule has 0 spiro atoms. The lowest BCUT2D eigenvalue weighted by molar-refractivity contribution is 0.476. The van der Waals surface area contributed by atoms with Gasteiger partial charge in [0.1, 0.15) is 5.75 Å². The number of hydrogen-bond acceptors (Lipinski definition) is 1. The molecule has 0 saturated carbocycles. The minimum Gasteiger partial charge on any atom is -0.508 e. The molecule has 0 radical (unpaired) electrons. The van der Waals surface area contributed by atoms with Crippen LogP contribution in [-0.2, 0) is 0 Å². The number of phenols is 1. The number of aromatic hydroxyl groups is 1. The Balaban J connectivity index is 2.53. The van der Waals surface area contributed by atoms with E-state index >= 15 is 0 Å². The van der Waals surface area contributed by atoms with Gasteiger partial charge >= 0.3 is 0 Å². The highest BCUT2D eigenvalue weighted by Crippen LogP contribution is 2.28. The van der Waals surface area contributed by atoms with Crippen LogP contribution in [0.1, 0.15) is 5.56 Å². The lowest BCUT2D eigenvalue weighted by Crippen LogP contribution is -1.70. The van der Waals surface area contributed by atoms with E-state index in [1.54, 1.807) is 12.1 Å². The van der Waals surface area contributed by atoms with Gasteiger partial charge in [-0.2, -0.15) is 0 Å². The zero-order valence-electron chi connectivity index (χ0n) is 8.41. The van der Waals surface area contributed by atoms with E-state index in [1.807, 2.05) is 6.07 Å². The Morgan fingerprint density at radius 2 is 1.80 bits per heavy atom. The van der Waals surface area contributed by atoms with Gasteiger partial charge in [0.15, 0.2) is 0 Å². The van der Waals surface area contributed by atoms with Crippen LogP contribution in [-0.4, -0.2) is 10.1 Å². The highest BCUT2D eigenvalue weighted by atomic mass is 16.3. The van der Waals surface area contributed by atoms with Gasteiger partial charge in [-0.3, -0.25) is 0 Å². The van der Waals surface area contributed by atoms with Crippen molar-refractivity contribution in [2.45, 2.75) is 6.92 Å². The summed E-state index contributed by atoms with van der Waals surface area (Å²) in [5.74, 6) is 0.297. The van der Waals surface area contributed by atoms with Crippen molar-refractivity contribution in [1.29, 1.82) is 0 Å². The van der Waals surface area contributed by atoms with E-state index in [-0.39, 0.29) is 0 Å². The summed E-state index contributed by atoms with van der Waals surface area (Å²) in [6, 6.07) is 11.7. The van der Waals surface area contributed by atoms with Gasteiger partial charge in [-0.05, 0) is 31.2 Å². The molecule has 2 N–H and O–H groups in total. The van der Waals surface area contributed by atoms with Gasteiger partial charge in [-0.25, -0.2) is 0 Å². The van der Waals surface area contributed by atoms with Crippen molar-refractivity contribution < 1.29 is 5.11 Å². The standard InChI is InChI=1S/C13H11NO/c1-8-2-5-12-11(6-8)10-4-3-9(15)7-13(10)14-12/h2-7,14-15H,1H3. The number of fused-ring (bicyclic) bond motifs is 3. The first-order valence-electron chi connectivity index (χ1n) is 4.95. The molecule has 0 fully saturated rings. The molecule has 15 heavy (non-hydrogen) atoms. The van der Waals surface area contributed by atoms with Crippen molar-refractivity contribution in [3.05, 3.63) is 42.0 Å². The van der Waals surface area contributed by atoms with Gasteiger partial charge < -0.3 is 10.1 Å².